The Morgan fingerprint density at radius 3 is 2.54 bits per heavy atom. The van der Waals surface area contributed by atoms with Crippen LogP contribution in [0.15, 0.2) is 59.1 Å². The van der Waals surface area contributed by atoms with Crippen LogP contribution in [0.1, 0.15) is 19.4 Å². The minimum Gasteiger partial charge on any atom is -0.380 e. The summed E-state index contributed by atoms with van der Waals surface area (Å²) in [6.07, 6.45) is 0. The maximum Gasteiger partial charge on any atom is 0.174 e. The molecule has 4 aromatic rings. The Labute approximate surface area is 161 Å². The number of fused-ring (bicyclic) bond motifs is 1. The zero-order valence-electron chi connectivity index (χ0n) is 15.6. The molecule has 0 aliphatic rings. The summed E-state index contributed by atoms with van der Waals surface area (Å²) in [4.78, 5) is 0. The van der Waals surface area contributed by atoms with E-state index in [1.165, 1.54) is 12.1 Å². The zero-order chi connectivity index (χ0) is 19.7. The van der Waals surface area contributed by atoms with Gasteiger partial charge in [0.15, 0.2) is 11.4 Å². The molecule has 0 aliphatic carbocycles. The van der Waals surface area contributed by atoms with E-state index < -0.39 is 0 Å². The molecular weight excluding hydrogens is 357 g/mol. The highest BCUT2D eigenvalue weighted by atomic mass is 19.1. The fraction of sp³-hybridized carbons (Fsp3) is 0.190. The first-order valence-electron chi connectivity index (χ1n) is 8.91. The molecule has 7 heteroatoms. The van der Waals surface area contributed by atoms with Crippen LogP contribution >= 0.6 is 0 Å². The molecule has 0 amide bonds. The standard InChI is InChI=1S/C21H20FN5O/c1-21(2,14-4-6-15(22)7-5-14)12-24-19-10-9-17(25-26-19)13-3-8-16-18(11-13)28-27-20(16)23/h3-11H,12H2,1-2H3,(H2,23,27)(H,24,26). The Hall–Kier alpha value is -3.48. The molecule has 0 spiro atoms. The van der Waals surface area contributed by atoms with E-state index in [9.17, 15) is 4.39 Å². The van der Waals surface area contributed by atoms with Crippen molar-refractivity contribution in [2.75, 3.05) is 17.6 Å². The predicted octanol–water partition coefficient (Wildman–Crippen LogP) is 4.40. The Balaban J connectivity index is 1.47. The number of hydrogen-bond acceptors (Lipinski definition) is 6. The number of anilines is 2. The van der Waals surface area contributed by atoms with Crippen LogP contribution < -0.4 is 11.1 Å². The third kappa shape index (κ3) is 3.51. The topological polar surface area (TPSA) is 89.9 Å². The number of rotatable bonds is 5. The first-order chi connectivity index (χ1) is 13.4. The molecular formula is C21H20FN5O. The molecule has 4 rings (SSSR count). The van der Waals surface area contributed by atoms with Gasteiger partial charge in [-0.1, -0.05) is 37.2 Å². The Bertz CT molecular complexity index is 1100. The van der Waals surface area contributed by atoms with Gasteiger partial charge >= 0.3 is 0 Å². The highest BCUT2D eigenvalue weighted by Gasteiger charge is 2.20. The minimum atomic E-state index is -0.236. The van der Waals surface area contributed by atoms with E-state index in [2.05, 4.69) is 34.5 Å². The molecule has 0 atom stereocenters. The van der Waals surface area contributed by atoms with Gasteiger partial charge in [-0.2, -0.15) is 0 Å². The SMILES string of the molecule is CC(C)(CNc1ccc(-c2ccc3c(N)noc3c2)nn1)c1ccc(F)cc1. The summed E-state index contributed by atoms with van der Waals surface area (Å²) in [5.41, 5.74) is 8.80. The summed E-state index contributed by atoms with van der Waals surface area (Å²) in [5.74, 6) is 0.806. The van der Waals surface area contributed by atoms with Crippen molar-refractivity contribution >= 4 is 22.6 Å². The second-order valence-corrected chi connectivity index (χ2v) is 7.33. The van der Waals surface area contributed by atoms with Gasteiger partial charge in [0.25, 0.3) is 0 Å². The fourth-order valence-electron chi connectivity index (χ4n) is 3.01. The van der Waals surface area contributed by atoms with E-state index in [0.717, 1.165) is 22.2 Å². The summed E-state index contributed by atoms with van der Waals surface area (Å²) >= 11 is 0. The molecule has 2 aromatic carbocycles. The maximum absolute atomic E-state index is 13.1. The monoisotopic (exact) mass is 377 g/mol. The number of nitrogens with two attached hydrogens (primary N) is 1. The molecule has 0 unspecified atom stereocenters. The average Bonchev–Trinajstić information content (AvgIpc) is 3.07. The lowest BCUT2D eigenvalue weighted by molar-refractivity contribution is 0.460. The Morgan fingerprint density at radius 1 is 1.04 bits per heavy atom. The predicted molar refractivity (Wildman–Crippen MR) is 107 cm³/mol. The zero-order valence-corrected chi connectivity index (χ0v) is 15.6. The molecule has 0 saturated heterocycles. The highest BCUT2D eigenvalue weighted by molar-refractivity contribution is 5.89. The lowest BCUT2D eigenvalue weighted by atomic mass is 9.84. The molecule has 0 radical (unpaired) electrons. The van der Waals surface area contributed by atoms with Gasteiger partial charge in [-0.3, -0.25) is 0 Å². The fourth-order valence-corrected chi connectivity index (χ4v) is 3.01. The van der Waals surface area contributed by atoms with Crippen molar-refractivity contribution in [2.45, 2.75) is 19.3 Å². The van der Waals surface area contributed by atoms with Gasteiger partial charge in [-0.15, -0.1) is 10.2 Å². The van der Waals surface area contributed by atoms with Crippen molar-refractivity contribution in [3.8, 4) is 11.3 Å². The Morgan fingerprint density at radius 2 is 1.82 bits per heavy atom. The van der Waals surface area contributed by atoms with Gasteiger partial charge in [0, 0.05) is 17.5 Å². The number of nitrogen functional groups attached to an aromatic ring is 1. The third-order valence-corrected chi connectivity index (χ3v) is 4.80. The van der Waals surface area contributed by atoms with Gasteiger partial charge < -0.3 is 15.6 Å². The van der Waals surface area contributed by atoms with Gasteiger partial charge in [0.1, 0.15) is 11.6 Å². The van der Waals surface area contributed by atoms with Crippen molar-refractivity contribution in [1.82, 2.24) is 15.4 Å². The van der Waals surface area contributed by atoms with E-state index in [1.807, 2.05) is 30.3 Å². The van der Waals surface area contributed by atoms with Gasteiger partial charge in [-0.25, -0.2) is 4.39 Å². The molecule has 2 heterocycles. The van der Waals surface area contributed by atoms with Gasteiger partial charge in [-0.05, 0) is 42.0 Å². The molecule has 0 fully saturated rings. The lowest BCUT2D eigenvalue weighted by Crippen LogP contribution is -2.28. The molecule has 3 N–H and O–H groups in total. The van der Waals surface area contributed by atoms with E-state index in [0.29, 0.717) is 23.8 Å². The van der Waals surface area contributed by atoms with Crippen LogP contribution in [0.3, 0.4) is 0 Å². The number of nitrogens with zero attached hydrogens (tertiary/aromatic N) is 3. The van der Waals surface area contributed by atoms with E-state index in [4.69, 9.17) is 10.3 Å². The third-order valence-electron chi connectivity index (χ3n) is 4.80. The summed E-state index contributed by atoms with van der Waals surface area (Å²) in [7, 11) is 0. The molecule has 0 aliphatic heterocycles. The van der Waals surface area contributed by atoms with E-state index in [-0.39, 0.29) is 11.2 Å². The minimum absolute atomic E-state index is 0.189. The van der Waals surface area contributed by atoms with Gasteiger partial charge in [0.2, 0.25) is 0 Å². The average molecular weight is 377 g/mol. The summed E-state index contributed by atoms with van der Waals surface area (Å²) < 4.78 is 18.3. The number of halogens is 1. The molecule has 0 saturated carbocycles. The number of benzene rings is 2. The number of nitrogens with one attached hydrogen (secondary N) is 1. The highest BCUT2D eigenvalue weighted by Crippen LogP contribution is 2.27. The lowest BCUT2D eigenvalue weighted by Gasteiger charge is -2.25. The van der Waals surface area contributed by atoms with Crippen molar-refractivity contribution in [2.24, 2.45) is 0 Å². The van der Waals surface area contributed by atoms with E-state index >= 15 is 0 Å². The molecule has 0 bridgehead atoms. The summed E-state index contributed by atoms with van der Waals surface area (Å²) in [6.45, 7) is 4.82. The smallest absolute Gasteiger partial charge is 0.174 e. The number of hydrogen-bond donors (Lipinski definition) is 2. The molecule has 142 valence electrons. The number of aromatic nitrogens is 3. The van der Waals surface area contributed by atoms with Crippen molar-refractivity contribution in [3.63, 3.8) is 0 Å². The first-order valence-corrected chi connectivity index (χ1v) is 8.91. The van der Waals surface area contributed by atoms with Crippen molar-refractivity contribution in [3.05, 3.63) is 66.0 Å². The molecule has 2 aromatic heterocycles. The van der Waals surface area contributed by atoms with Crippen LogP contribution in [0.2, 0.25) is 0 Å². The maximum atomic E-state index is 13.1. The molecule has 28 heavy (non-hydrogen) atoms. The first kappa shape index (κ1) is 17.9. The summed E-state index contributed by atoms with van der Waals surface area (Å²) in [5, 5.41) is 16.4. The van der Waals surface area contributed by atoms with Crippen LogP contribution in [-0.2, 0) is 5.41 Å². The second kappa shape index (κ2) is 6.92. The van der Waals surface area contributed by atoms with Crippen LogP contribution in [0, 0.1) is 5.82 Å². The van der Waals surface area contributed by atoms with Gasteiger partial charge in [0.05, 0.1) is 11.1 Å². The van der Waals surface area contributed by atoms with Crippen molar-refractivity contribution < 1.29 is 8.91 Å². The van der Waals surface area contributed by atoms with Crippen molar-refractivity contribution in [1.29, 1.82) is 0 Å². The van der Waals surface area contributed by atoms with Crippen LogP contribution in [0.5, 0.6) is 0 Å². The van der Waals surface area contributed by atoms with E-state index in [1.54, 1.807) is 12.1 Å². The van der Waals surface area contributed by atoms with Crippen LogP contribution in [0.25, 0.3) is 22.2 Å². The quantitative estimate of drug-likeness (QED) is 0.536. The molecule has 6 nitrogen and oxygen atoms in total. The second-order valence-electron chi connectivity index (χ2n) is 7.33. The normalized spacial score (nSPS) is 11.7. The van der Waals surface area contributed by atoms with Crippen LogP contribution in [-0.4, -0.2) is 21.9 Å². The Kier molecular flexibility index (Phi) is 4.43. The van der Waals surface area contributed by atoms with Crippen LogP contribution in [0.4, 0.5) is 16.0 Å². The largest absolute Gasteiger partial charge is 0.380 e. The summed E-state index contributed by atoms with van der Waals surface area (Å²) in [6, 6.07) is 15.9.